The Morgan fingerprint density at radius 1 is 1.26 bits per heavy atom. The summed E-state index contributed by atoms with van der Waals surface area (Å²) < 4.78 is 12.9. The Bertz CT molecular complexity index is 699. The third-order valence-corrected chi connectivity index (χ3v) is 4.44. The second-order valence-corrected chi connectivity index (χ2v) is 6.12. The van der Waals surface area contributed by atoms with Crippen molar-refractivity contribution >= 4 is 5.91 Å². The molecule has 0 aliphatic heterocycles. The molecule has 0 aromatic heterocycles. The molecule has 1 saturated carbocycles. The molecule has 0 heterocycles. The van der Waals surface area contributed by atoms with Gasteiger partial charge in [0.2, 0.25) is 5.91 Å². The first kappa shape index (κ1) is 15.7. The summed E-state index contributed by atoms with van der Waals surface area (Å²) in [5, 5.41) is 12.8. The molecule has 1 amide bonds. The van der Waals surface area contributed by atoms with Crippen LogP contribution in [0.1, 0.15) is 35.1 Å². The molecule has 0 bridgehead atoms. The summed E-state index contributed by atoms with van der Waals surface area (Å²) in [6.45, 7) is 2.20. The fourth-order valence-corrected chi connectivity index (χ4v) is 2.96. The summed E-state index contributed by atoms with van der Waals surface area (Å²) in [7, 11) is 0. The normalized spacial score (nSPS) is 20.8. The number of aliphatic hydroxyl groups excluding tert-OH is 1. The molecule has 2 aromatic carbocycles. The lowest BCUT2D eigenvalue weighted by atomic mass is 10.0. The number of amides is 1. The third-order valence-electron chi connectivity index (χ3n) is 4.44. The molecule has 3 unspecified atom stereocenters. The van der Waals surface area contributed by atoms with Crippen molar-refractivity contribution in [1.82, 2.24) is 5.32 Å². The Morgan fingerprint density at radius 2 is 1.96 bits per heavy atom. The minimum absolute atomic E-state index is 0.0171. The molecule has 0 saturated heterocycles. The topological polar surface area (TPSA) is 49.3 Å². The standard InChI is InChI=1S/C19H20FNO2/c1-12-4-2-3-5-15(12)16-10-17(16)19(23)21-11-18(22)13-6-8-14(20)9-7-13/h2-9,16-18,22H,10-11H2,1H3,(H,21,23). The Hall–Kier alpha value is -2.20. The van der Waals surface area contributed by atoms with Gasteiger partial charge in [0.15, 0.2) is 0 Å². The number of halogens is 1. The number of rotatable bonds is 5. The van der Waals surface area contributed by atoms with Crippen LogP contribution in [0.5, 0.6) is 0 Å². The van der Waals surface area contributed by atoms with Gasteiger partial charge in [0, 0.05) is 12.5 Å². The maximum Gasteiger partial charge on any atom is 0.223 e. The highest BCUT2D eigenvalue weighted by molar-refractivity contribution is 5.83. The Kier molecular flexibility index (Phi) is 4.44. The number of benzene rings is 2. The van der Waals surface area contributed by atoms with Crippen molar-refractivity contribution in [3.05, 3.63) is 71.0 Å². The Balaban J connectivity index is 1.53. The molecular weight excluding hydrogens is 293 g/mol. The molecule has 3 rings (SSSR count). The van der Waals surface area contributed by atoms with E-state index in [9.17, 15) is 14.3 Å². The SMILES string of the molecule is Cc1ccccc1C1CC1C(=O)NCC(O)c1ccc(F)cc1. The molecular formula is C19H20FNO2. The van der Waals surface area contributed by atoms with Crippen LogP contribution in [0.15, 0.2) is 48.5 Å². The summed E-state index contributed by atoms with van der Waals surface area (Å²) in [5.74, 6) is -0.112. The monoisotopic (exact) mass is 313 g/mol. The van der Waals surface area contributed by atoms with E-state index in [4.69, 9.17) is 0 Å². The number of aryl methyl sites for hydroxylation is 1. The molecule has 3 nitrogen and oxygen atoms in total. The van der Waals surface area contributed by atoms with Gasteiger partial charge in [-0.3, -0.25) is 4.79 Å². The van der Waals surface area contributed by atoms with Crippen molar-refractivity contribution in [2.75, 3.05) is 6.54 Å². The highest BCUT2D eigenvalue weighted by Gasteiger charge is 2.44. The van der Waals surface area contributed by atoms with Gasteiger partial charge in [-0.15, -0.1) is 0 Å². The fraction of sp³-hybridized carbons (Fsp3) is 0.316. The second-order valence-electron chi connectivity index (χ2n) is 6.12. The van der Waals surface area contributed by atoms with Crippen molar-refractivity contribution in [1.29, 1.82) is 0 Å². The average Bonchev–Trinajstić information content (AvgIpc) is 3.34. The zero-order valence-electron chi connectivity index (χ0n) is 13.0. The number of hydrogen-bond donors (Lipinski definition) is 2. The van der Waals surface area contributed by atoms with E-state index in [1.54, 1.807) is 0 Å². The first-order chi connectivity index (χ1) is 11.1. The van der Waals surface area contributed by atoms with Crippen LogP contribution < -0.4 is 5.32 Å². The highest BCUT2D eigenvalue weighted by Crippen LogP contribution is 2.48. The maximum atomic E-state index is 12.9. The van der Waals surface area contributed by atoms with E-state index in [1.165, 1.54) is 35.4 Å². The predicted molar refractivity (Wildman–Crippen MR) is 86.4 cm³/mol. The lowest BCUT2D eigenvalue weighted by Gasteiger charge is -2.12. The Labute approximate surface area is 135 Å². The van der Waals surface area contributed by atoms with Crippen LogP contribution >= 0.6 is 0 Å². The van der Waals surface area contributed by atoms with Gasteiger partial charge < -0.3 is 10.4 Å². The second kappa shape index (κ2) is 6.50. The van der Waals surface area contributed by atoms with Crippen molar-refractivity contribution in [3.8, 4) is 0 Å². The van der Waals surface area contributed by atoms with E-state index in [1.807, 2.05) is 12.1 Å². The van der Waals surface area contributed by atoms with Crippen LogP contribution in [0.4, 0.5) is 4.39 Å². The van der Waals surface area contributed by atoms with Crippen LogP contribution in [0, 0.1) is 18.7 Å². The zero-order chi connectivity index (χ0) is 16.4. The summed E-state index contributed by atoms with van der Waals surface area (Å²) in [4.78, 5) is 12.2. The molecule has 4 heteroatoms. The summed E-state index contributed by atoms with van der Waals surface area (Å²) in [6.07, 6.45) is 0.0266. The smallest absolute Gasteiger partial charge is 0.223 e. The Morgan fingerprint density at radius 3 is 2.65 bits per heavy atom. The first-order valence-electron chi connectivity index (χ1n) is 7.83. The van der Waals surface area contributed by atoms with E-state index in [2.05, 4.69) is 24.4 Å². The van der Waals surface area contributed by atoms with Gasteiger partial charge in [-0.05, 0) is 48.1 Å². The van der Waals surface area contributed by atoms with Gasteiger partial charge in [0.25, 0.3) is 0 Å². The van der Waals surface area contributed by atoms with Gasteiger partial charge in [-0.2, -0.15) is 0 Å². The summed E-state index contributed by atoms with van der Waals surface area (Å²) >= 11 is 0. The number of carbonyl (C=O) groups excluding carboxylic acids is 1. The quantitative estimate of drug-likeness (QED) is 0.891. The zero-order valence-corrected chi connectivity index (χ0v) is 13.0. The van der Waals surface area contributed by atoms with E-state index in [-0.39, 0.29) is 30.1 Å². The number of nitrogens with one attached hydrogen (secondary N) is 1. The maximum absolute atomic E-state index is 12.9. The van der Waals surface area contributed by atoms with Gasteiger partial charge in [-0.1, -0.05) is 36.4 Å². The molecule has 0 radical (unpaired) electrons. The highest BCUT2D eigenvalue weighted by atomic mass is 19.1. The largest absolute Gasteiger partial charge is 0.387 e. The molecule has 1 aliphatic rings. The van der Waals surface area contributed by atoms with Crippen molar-refractivity contribution in [2.24, 2.45) is 5.92 Å². The number of carbonyl (C=O) groups is 1. The minimum Gasteiger partial charge on any atom is -0.387 e. The molecule has 2 aromatic rings. The van der Waals surface area contributed by atoms with Crippen LogP contribution in [-0.2, 0) is 4.79 Å². The van der Waals surface area contributed by atoms with E-state index in [0.29, 0.717) is 5.56 Å². The molecule has 2 N–H and O–H groups in total. The van der Waals surface area contributed by atoms with E-state index >= 15 is 0 Å². The van der Waals surface area contributed by atoms with E-state index < -0.39 is 6.10 Å². The number of hydrogen-bond acceptors (Lipinski definition) is 2. The molecule has 1 fully saturated rings. The van der Waals surface area contributed by atoms with Crippen LogP contribution in [0.25, 0.3) is 0 Å². The van der Waals surface area contributed by atoms with Crippen LogP contribution in [0.3, 0.4) is 0 Å². The fourth-order valence-electron chi connectivity index (χ4n) is 2.96. The predicted octanol–water partition coefficient (Wildman–Crippen LogP) is 3.09. The lowest BCUT2D eigenvalue weighted by Crippen LogP contribution is -2.30. The van der Waals surface area contributed by atoms with Crippen LogP contribution in [-0.4, -0.2) is 17.6 Å². The van der Waals surface area contributed by atoms with Crippen molar-refractivity contribution in [2.45, 2.75) is 25.4 Å². The lowest BCUT2D eigenvalue weighted by molar-refractivity contribution is -0.122. The van der Waals surface area contributed by atoms with Crippen LogP contribution in [0.2, 0.25) is 0 Å². The van der Waals surface area contributed by atoms with Crippen molar-refractivity contribution < 1.29 is 14.3 Å². The van der Waals surface area contributed by atoms with Gasteiger partial charge in [0.05, 0.1) is 6.10 Å². The molecule has 120 valence electrons. The molecule has 0 spiro atoms. The minimum atomic E-state index is -0.824. The molecule has 1 aliphatic carbocycles. The average molecular weight is 313 g/mol. The van der Waals surface area contributed by atoms with Gasteiger partial charge in [0.1, 0.15) is 5.82 Å². The first-order valence-corrected chi connectivity index (χ1v) is 7.83. The van der Waals surface area contributed by atoms with Gasteiger partial charge >= 0.3 is 0 Å². The number of aliphatic hydroxyl groups is 1. The summed E-state index contributed by atoms with van der Waals surface area (Å²) in [5.41, 5.74) is 3.03. The molecule has 23 heavy (non-hydrogen) atoms. The van der Waals surface area contributed by atoms with Crippen molar-refractivity contribution in [3.63, 3.8) is 0 Å². The summed E-state index contributed by atoms with van der Waals surface area (Å²) in [6, 6.07) is 13.8. The molecule has 3 atom stereocenters. The van der Waals surface area contributed by atoms with Gasteiger partial charge in [-0.25, -0.2) is 4.39 Å². The van der Waals surface area contributed by atoms with E-state index in [0.717, 1.165) is 6.42 Å². The third kappa shape index (κ3) is 3.59.